The molecule has 1 amide bonds. The zero-order chi connectivity index (χ0) is 26.0. The largest absolute Gasteiger partial charge is 0.507 e. The molecule has 0 bridgehead atoms. The molecule has 3 aliphatic rings. The third-order valence-electron chi connectivity index (χ3n) is 7.77. The van der Waals surface area contributed by atoms with Crippen molar-refractivity contribution < 1.29 is 34.8 Å². The van der Waals surface area contributed by atoms with Crippen molar-refractivity contribution in [2.75, 3.05) is 14.1 Å². The van der Waals surface area contributed by atoms with Crippen molar-refractivity contribution in [2.45, 2.75) is 57.0 Å². The van der Waals surface area contributed by atoms with Gasteiger partial charge in [-0.3, -0.25) is 14.4 Å². The van der Waals surface area contributed by atoms with E-state index in [4.69, 9.17) is 5.73 Å². The number of fused-ring (bicyclic) bond motifs is 3. The molecular weight excluding hydrogens is 454 g/mol. The number of carbonyl (C=O) groups excluding carboxylic acids is 3. The van der Waals surface area contributed by atoms with Gasteiger partial charge < -0.3 is 36.4 Å². The first-order chi connectivity index (χ1) is 16.3. The van der Waals surface area contributed by atoms with Crippen LogP contribution in [0.2, 0.25) is 0 Å². The number of aliphatic hydroxyl groups is 3. The van der Waals surface area contributed by atoms with E-state index in [-0.39, 0.29) is 29.3 Å². The molecule has 0 aliphatic heterocycles. The summed E-state index contributed by atoms with van der Waals surface area (Å²) < 4.78 is 0. The molecule has 35 heavy (non-hydrogen) atoms. The van der Waals surface area contributed by atoms with Gasteiger partial charge in [-0.15, -0.1) is 0 Å². The van der Waals surface area contributed by atoms with Crippen LogP contribution in [-0.2, 0) is 27.3 Å². The Kier molecular flexibility index (Phi) is 6.29. The number of amides is 1. The van der Waals surface area contributed by atoms with Gasteiger partial charge in [0.15, 0.2) is 11.4 Å². The molecule has 7 N–H and O–H groups in total. The summed E-state index contributed by atoms with van der Waals surface area (Å²) in [5.74, 6) is -7.36. The van der Waals surface area contributed by atoms with Gasteiger partial charge in [0.1, 0.15) is 17.4 Å². The highest BCUT2D eigenvalue weighted by molar-refractivity contribution is 6.25. The molecule has 3 unspecified atom stereocenters. The predicted octanol–water partition coefficient (Wildman–Crippen LogP) is -0.373. The first-order valence-corrected chi connectivity index (χ1v) is 11.8. The number of phenolic OH excluding ortho intramolecular Hbond substituents is 1. The Morgan fingerprint density at radius 1 is 1.26 bits per heavy atom. The van der Waals surface area contributed by atoms with E-state index < -0.39 is 58.7 Å². The molecule has 2 saturated carbocycles. The standard InChI is InChI=1S/C25H33N3O7/c1-10(2)27-9-11-5-6-15(29)17-13(11)7-12-8-14-19(28(3)4)21(31)18(24(26)34)23(33)25(14,35)22(32)16(12)20(17)30/h5-6,10,12,14,18-19,21,27,29-31,35H,7-9H2,1-4H3,(H2,26,34)/t12-,14-,18?,19?,21?,25-/m0/s1. The van der Waals surface area contributed by atoms with E-state index in [1.807, 2.05) is 13.8 Å². The average molecular weight is 488 g/mol. The second-order valence-corrected chi connectivity index (χ2v) is 10.4. The van der Waals surface area contributed by atoms with Crippen LogP contribution in [-0.4, -0.2) is 80.7 Å². The zero-order valence-electron chi connectivity index (χ0n) is 20.3. The van der Waals surface area contributed by atoms with Crippen molar-refractivity contribution in [3.05, 3.63) is 34.4 Å². The number of nitrogens with two attached hydrogens (primary N) is 1. The highest BCUT2D eigenvalue weighted by Gasteiger charge is 2.67. The Morgan fingerprint density at radius 2 is 1.91 bits per heavy atom. The quantitative estimate of drug-likeness (QED) is 0.303. The van der Waals surface area contributed by atoms with E-state index in [2.05, 4.69) is 5.32 Å². The van der Waals surface area contributed by atoms with Crippen molar-refractivity contribution >= 4 is 23.2 Å². The van der Waals surface area contributed by atoms with Gasteiger partial charge in [0.25, 0.3) is 0 Å². The number of rotatable bonds is 5. The van der Waals surface area contributed by atoms with Gasteiger partial charge in [0, 0.05) is 30.1 Å². The molecule has 0 aromatic heterocycles. The van der Waals surface area contributed by atoms with Crippen LogP contribution in [0.4, 0.5) is 0 Å². The van der Waals surface area contributed by atoms with Gasteiger partial charge in [0.05, 0.1) is 11.7 Å². The van der Waals surface area contributed by atoms with Crippen molar-refractivity contribution in [2.24, 2.45) is 23.5 Å². The average Bonchev–Trinajstić information content (AvgIpc) is 2.75. The Morgan fingerprint density at radius 3 is 2.49 bits per heavy atom. The molecule has 190 valence electrons. The summed E-state index contributed by atoms with van der Waals surface area (Å²) in [6, 6.07) is 2.49. The number of Topliss-reactive ketones (excluding diaryl/α,β-unsaturated/α-hetero) is 2. The first-order valence-electron chi connectivity index (χ1n) is 11.8. The number of nitrogens with zero attached hydrogens (tertiary/aromatic N) is 1. The minimum atomic E-state index is -2.64. The molecule has 10 nitrogen and oxygen atoms in total. The molecular formula is C25H33N3O7. The number of nitrogens with one attached hydrogen (secondary N) is 1. The molecule has 10 heteroatoms. The van der Waals surface area contributed by atoms with Crippen molar-refractivity contribution in [3.63, 3.8) is 0 Å². The topological polar surface area (TPSA) is 173 Å². The van der Waals surface area contributed by atoms with Crippen LogP contribution in [0.15, 0.2) is 17.7 Å². The minimum absolute atomic E-state index is 0.102. The number of ketones is 2. The van der Waals surface area contributed by atoms with Crippen LogP contribution in [0.25, 0.3) is 5.76 Å². The molecule has 6 atom stereocenters. The second-order valence-electron chi connectivity index (χ2n) is 10.4. The van der Waals surface area contributed by atoms with Gasteiger partial charge in [-0.25, -0.2) is 0 Å². The fraction of sp³-hybridized carbons (Fsp3) is 0.560. The summed E-state index contributed by atoms with van der Waals surface area (Å²) in [6.07, 6.45) is -1.11. The summed E-state index contributed by atoms with van der Waals surface area (Å²) in [6.45, 7) is 4.47. The lowest BCUT2D eigenvalue weighted by Crippen LogP contribution is -2.73. The molecule has 1 aromatic rings. The van der Waals surface area contributed by atoms with E-state index in [1.165, 1.54) is 6.07 Å². The molecule has 1 aromatic carbocycles. The van der Waals surface area contributed by atoms with Crippen LogP contribution in [0.1, 0.15) is 37.0 Å². The minimum Gasteiger partial charge on any atom is -0.507 e. The Labute approximate surface area is 203 Å². The van der Waals surface area contributed by atoms with Gasteiger partial charge in [0.2, 0.25) is 11.7 Å². The lowest BCUT2D eigenvalue weighted by molar-refractivity contribution is -0.184. The van der Waals surface area contributed by atoms with E-state index >= 15 is 0 Å². The molecule has 3 aliphatic carbocycles. The van der Waals surface area contributed by atoms with Crippen molar-refractivity contribution in [3.8, 4) is 5.75 Å². The number of likely N-dealkylation sites (N-methyl/N-ethyl adjacent to an activating group) is 1. The number of primary amides is 1. The molecule has 0 saturated heterocycles. The number of aliphatic hydroxyl groups excluding tert-OH is 2. The predicted molar refractivity (Wildman–Crippen MR) is 126 cm³/mol. The number of hydrogen-bond acceptors (Lipinski definition) is 9. The SMILES string of the molecule is CC(C)NCc1ccc(O)c2c1C[C@H]1C[C@H]3C(N(C)C)C(O)C(C(N)=O)C(=O)[C@@]3(O)C(=O)C1=C2O. The van der Waals surface area contributed by atoms with Crippen LogP contribution < -0.4 is 11.1 Å². The summed E-state index contributed by atoms with van der Waals surface area (Å²) in [5.41, 5.74) is 4.23. The molecule has 0 heterocycles. The van der Waals surface area contributed by atoms with Crippen LogP contribution in [0.3, 0.4) is 0 Å². The summed E-state index contributed by atoms with van der Waals surface area (Å²) in [7, 11) is 3.25. The Balaban J connectivity index is 1.88. The van der Waals surface area contributed by atoms with E-state index in [9.17, 15) is 34.8 Å². The van der Waals surface area contributed by atoms with Crippen molar-refractivity contribution in [1.82, 2.24) is 10.2 Å². The highest BCUT2D eigenvalue weighted by Crippen LogP contribution is 2.52. The maximum atomic E-state index is 13.8. The fourth-order valence-corrected chi connectivity index (χ4v) is 6.15. The van der Waals surface area contributed by atoms with Gasteiger partial charge >= 0.3 is 0 Å². The lowest BCUT2D eigenvalue weighted by atomic mass is 9.54. The summed E-state index contributed by atoms with van der Waals surface area (Å²) in [5, 5.41) is 47.6. The molecule has 4 rings (SSSR count). The second kappa shape index (κ2) is 8.70. The summed E-state index contributed by atoms with van der Waals surface area (Å²) >= 11 is 0. The van der Waals surface area contributed by atoms with E-state index in [1.54, 1.807) is 25.1 Å². The number of hydrogen-bond donors (Lipinski definition) is 6. The van der Waals surface area contributed by atoms with Gasteiger partial charge in [-0.05, 0) is 50.0 Å². The normalized spacial score (nSPS) is 32.5. The van der Waals surface area contributed by atoms with Crippen molar-refractivity contribution in [1.29, 1.82) is 0 Å². The van der Waals surface area contributed by atoms with E-state index in [0.29, 0.717) is 18.5 Å². The first kappa shape index (κ1) is 25.3. The van der Waals surface area contributed by atoms with Crippen LogP contribution >= 0.6 is 0 Å². The monoisotopic (exact) mass is 487 g/mol. The molecule has 0 spiro atoms. The third kappa shape index (κ3) is 3.67. The molecule has 0 radical (unpaired) electrons. The van der Waals surface area contributed by atoms with E-state index in [0.717, 1.165) is 5.56 Å². The van der Waals surface area contributed by atoms with Crippen LogP contribution in [0, 0.1) is 17.8 Å². The number of aromatic hydroxyl groups is 1. The highest BCUT2D eigenvalue weighted by atomic mass is 16.3. The summed E-state index contributed by atoms with van der Waals surface area (Å²) in [4.78, 5) is 40.7. The maximum Gasteiger partial charge on any atom is 0.230 e. The fourth-order valence-electron chi connectivity index (χ4n) is 6.15. The smallest absolute Gasteiger partial charge is 0.230 e. The van der Waals surface area contributed by atoms with Crippen LogP contribution in [0.5, 0.6) is 5.75 Å². The van der Waals surface area contributed by atoms with Gasteiger partial charge in [-0.2, -0.15) is 0 Å². The maximum absolute atomic E-state index is 13.8. The Bertz CT molecular complexity index is 1130. The lowest BCUT2D eigenvalue weighted by Gasteiger charge is -2.53. The number of carbonyl (C=O) groups is 3. The number of phenols is 1. The Hall–Kier alpha value is -2.79. The molecule has 2 fully saturated rings. The zero-order valence-corrected chi connectivity index (χ0v) is 20.3. The number of benzene rings is 1. The van der Waals surface area contributed by atoms with Gasteiger partial charge in [-0.1, -0.05) is 19.9 Å². The third-order valence-corrected chi connectivity index (χ3v) is 7.77.